The number of hydrogen-bond acceptors (Lipinski definition) is 5. The lowest BCUT2D eigenvalue weighted by Crippen LogP contribution is -2.32. The van der Waals surface area contributed by atoms with Crippen LogP contribution in [0.2, 0.25) is 0 Å². The van der Waals surface area contributed by atoms with Crippen LogP contribution in [0.5, 0.6) is 0 Å². The van der Waals surface area contributed by atoms with Crippen LogP contribution in [-0.4, -0.2) is 37.3 Å². The zero-order chi connectivity index (χ0) is 14.2. The van der Waals surface area contributed by atoms with Gasteiger partial charge in [-0.1, -0.05) is 6.07 Å². The van der Waals surface area contributed by atoms with E-state index >= 15 is 0 Å². The number of rotatable bonds is 7. The molecule has 1 aromatic rings. The predicted octanol–water partition coefficient (Wildman–Crippen LogP) is 2.17. The second kappa shape index (κ2) is 7.81. The van der Waals surface area contributed by atoms with Crippen molar-refractivity contribution in [1.82, 2.24) is 5.32 Å². The van der Waals surface area contributed by atoms with Gasteiger partial charge >= 0.3 is 0 Å². The van der Waals surface area contributed by atoms with Gasteiger partial charge in [0.05, 0.1) is 11.0 Å². The molecule has 0 aliphatic carbocycles. The predicted molar refractivity (Wildman–Crippen MR) is 78.0 cm³/mol. The minimum atomic E-state index is -0.384. The molecule has 0 aromatic heterocycles. The number of nitrogens with zero attached hydrogens (tertiary/aromatic N) is 1. The Bertz CT molecular complexity index is 433. The topological polar surface area (TPSA) is 76.4 Å². The van der Waals surface area contributed by atoms with Crippen LogP contribution in [0.25, 0.3) is 0 Å². The molecule has 0 saturated carbocycles. The number of nitro groups is 1. The molecule has 1 saturated heterocycles. The molecule has 1 heterocycles. The fourth-order valence-electron chi connectivity index (χ4n) is 2.25. The molecule has 6 heteroatoms. The Morgan fingerprint density at radius 2 is 2.20 bits per heavy atom. The molecule has 0 radical (unpaired) electrons. The van der Waals surface area contributed by atoms with Crippen LogP contribution in [0.1, 0.15) is 19.3 Å². The molecule has 1 aliphatic rings. The maximum absolute atomic E-state index is 10.7. The van der Waals surface area contributed by atoms with Gasteiger partial charge in [0, 0.05) is 31.0 Å². The van der Waals surface area contributed by atoms with Crippen molar-refractivity contribution in [2.24, 2.45) is 0 Å². The van der Waals surface area contributed by atoms with Crippen LogP contribution >= 0.6 is 0 Å². The van der Waals surface area contributed by atoms with Crippen molar-refractivity contribution in [2.45, 2.75) is 25.4 Å². The Balaban J connectivity index is 1.63. The Morgan fingerprint density at radius 1 is 1.40 bits per heavy atom. The number of benzene rings is 1. The molecule has 0 bridgehead atoms. The summed E-state index contributed by atoms with van der Waals surface area (Å²) in [6, 6.07) is 6.56. The quantitative estimate of drug-likeness (QED) is 0.454. The number of hydrogen-bond donors (Lipinski definition) is 2. The summed E-state index contributed by atoms with van der Waals surface area (Å²) in [5, 5.41) is 17.1. The smallest absolute Gasteiger partial charge is 0.271 e. The Morgan fingerprint density at radius 3 is 2.95 bits per heavy atom. The summed E-state index contributed by atoms with van der Waals surface area (Å²) in [5.74, 6) is 0. The molecule has 0 amide bonds. The molecule has 6 nitrogen and oxygen atoms in total. The van der Waals surface area contributed by atoms with Crippen molar-refractivity contribution in [3.63, 3.8) is 0 Å². The second-order valence-electron chi connectivity index (χ2n) is 4.91. The van der Waals surface area contributed by atoms with Gasteiger partial charge in [0.1, 0.15) is 0 Å². The summed E-state index contributed by atoms with van der Waals surface area (Å²) in [6.45, 7) is 3.56. The third kappa shape index (κ3) is 4.79. The number of nitrogens with one attached hydrogen (secondary N) is 2. The molecular formula is C14H21N3O3. The summed E-state index contributed by atoms with van der Waals surface area (Å²) in [6.07, 6.45) is 3.44. The summed E-state index contributed by atoms with van der Waals surface area (Å²) in [4.78, 5) is 10.3. The van der Waals surface area contributed by atoms with Crippen LogP contribution in [0.4, 0.5) is 11.4 Å². The molecule has 2 N–H and O–H groups in total. The average molecular weight is 279 g/mol. The lowest BCUT2D eigenvalue weighted by atomic mass is 10.1. The van der Waals surface area contributed by atoms with Gasteiger partial charge in [0.2, 0.25) is 0 Å². The van der Waals surface area contributed by atoms with E-state index in [0.29, 0.717) is 6.10 Å². The Kier molecular flexibility index (Phi) is 5.76. The minimum absolute atomic E-state index is 0.112. The van der Waals surface area contributed by atoms with Crippen LogP contribution in [0, 0.1) is 10.1 Å². The van der Waals surface area contributed by atoms with Crippen LogP contribution in [0.15, 0.2) is 24.3 Å². The highest BCUT2D eigenvalue weighted by molar-refractivity contribution is 5.50. The number of non-ortho nitro benzene ring substituents is 1. The van der Waals surface area contributed by atoms with E-state index in [1.807, 2.05) is 6.07 Å². The molecule has 20 heavy (non-hydrogen) atoms. The summed E-state index contributed by atoms with van der Waals surface area (Å²) < 4.78 is 5.79. The molecule has 1 fully saturated rings. The molecule has 1 aromatic carbocycles. The number of anilines is 1. The lowest BCUT2D eigenvalue weighted by molar-refractivity contribution is -0.384. The maximum Gasteiger partial charge on any atom is 0.271 e. The van der Waals surface area contributed by atoms with Crippen LogP contribution in [-0.2, 0) is 4.74 Å². The van der Waals surface area contributed by atoms with Gasteiger partial charge in [-0.2, -0.15) is 0 Å². The second-order valence-corrected chi connectivity index (χ2v) is 4.91. The van der Waals surface area contributed by atoms with Crippen LogP contribution < -0.4 is 10.6 Å². The first-order chi connectivity index (χ1) is 9.75. The highest BCUT2D eigenvalue weighted by Gasteiger charge is 2.12. The van der Waals surface area contributed by atoms with Crippen molar-refractivity contribution in [1.29, 1.82) is 0 Å². The van der Waals surface area contributed by atoms with Gasteiger partial charge < -0.3 is 15.4 Å². The highest BCUT2D eigenvalue weighted by atomic mass is 16.6. The summed E-state index contributed by atoms with van der Waals surface area (Å²) in [5.41, 5.74) is 0.891. The SMILES string of the molecule is O=[N+]([O-])c1cccc(NCCCOC2CCNCC2)c1. The van der Waals surface area contributed by atoms with Gasteiger partial charge in [0.25, 0.3) is 5.69 Å². The van der Waals surface area contributed by atoms with Crippen molar-refractivity contribution >= 4 is 11.4 Å². The monoisotopic (exact) mass is 279 g/mol. The summed E-state index contributed by atoms with van der Waals surface area (Å²) in [7, 11) is 0. The van der Waals surface area contributed by atoms with E-state index in [2.05, 4.69) is 10.6 Å². The first-order valence-corrected chi connectivity index (χ1v) is 7.06. The fraction of sp³-hybridized carbons (Fsp3) is 0.571. The van der Waals surface area contributed by atoms with E-state index in [1.165, 1.54) is 6.07 Å². The van der Waals surface area contributed by atoms with Crippen molar-refractivity contribution < 1.29 is 9.66 Å². The van der Waals surface area contributed by atoms with E-state index < -0.39 is 0 Å². The average Bonchev–Trinajstić information content (AvgIpc) is 2.48. The van der Waals surface area contributed by atoms with Crippen LogP contribution in [0.3, 0.4) is 0 Å². The van der Waals surface area contributed by atoms with Gasteiger partial charge in [-0.25, -0.2) is 0 Å². The van der Waals surface area contributed by atoms with E-state index in [1.54, 1.807) is 12.1 Å². The molecule has 0 spiro atoms. The van der Waals surface area contributed by atoms with E-state index in [0.717, 1.165) is 51.2 Å². The van der Waals surface area contributed by atoms with Gasteiger partial charge in [-0.3, -0.25) is 10.1 Å². The molecule has 1 aliphatic heterocycles. The zero-order valence-electron chi connectivity index (χ0n) is 11.5. The maximum atomic E-state index is 10.7. The zero-order valence-corrected chi connectivity index (χ0v) is 11.5. The van der Waals surface area contributed by atoms with E-state index in [4.69, 9.17) is 4.74 Å². The van der Waals surface area contributed by atoms with Gasteiger partial charge in [0.15, 0.2) is 0 Å². The third-order valence-corrected chi connectivity index (χ3v) is 3.35. The fourth-order valence-corrected chi connectivity index (χ4v) is 2.25. The van der Waals surface area contributed by atoms with E-state index in [-0.39, 0.29) is 10.6 Å². The number of nitro benzene ring substituents is 1. The minimum Gasteiger partial charge on any atom is -0.385 e. The first kappa shape index (κ1) is 14.7. The lowest BCUT2D eigenvalue weighted by Gasteiger charge is -2.22. The Labute approximate surface area is 118 Å². The largest absolute Gasteiger partial charge is 0.385 e. The summed E-state index contributed by atoms with van der Waals surface area (Å²) >= 11 is 0. The molecule has 110 valence electrons. The molecular weight excluding hydrogens is 258 g/mol. The Hall–Kier alpha value is -1.66. The van der Waals surface area contributed by atoms with Gasteiger partial charge in [-0.05, 0) is 38.4 Å². The highest BCUT2D eigenvalue weighted by Crippen LogP contribution is 2.16. The normalized spacial score (nSPS) is 16.0. The number of ether oxygens (including phenoxy) is 1. The van der Waals surface area contributed by atoms with Gasteiger partial charge in [-0.15, -0.1) is 0 Å². The number of piperidine rings is 1. The van der Waals surface area contributed by atoms with Crippen molar-refractivity contribution in [2.75, 3.05) is 31.6 Å². The molecule has 0 unspecified atom stereocenters. The van der Waals surface area contributed by atoms with Crippen molar-refractivity contribution in [3.8, 4) is 0 Å². The standard InChI is InChI=1S/C14H21N3O3/c18-17(19)13-4-1-3-12(11-13)16-7-2-10-20-14-5-8-15-9-6-14/h1,3-4,11,14-16H,2,5-10H2. The first-order valence-electron chi connectivity index (χ1n) is 7.06. The van der Waals surface area contributed by atoms with Crippen molar-refractivity contribution in [3.05, 3.63) is 34.4 Å². The van der Waals surface area contributed by atoms with E-state index in [9.17, 15) is 10.1 Å². The third-order valence-electron chi connectivity index (χ3n) is 3.35. The molecule has 0 atom stereocenters. The molecule has 2 rings (SSSR count).